The molecule has 0 atom stereocenters. The summed E-state index contributed by atoms with van der Waals surface area (Å²) in [7, 11) is 0. The first-order chi connectivity index (χ1) is 11.1. The number of benzene rings is 2. The van der Waals surface area contributed by atoms with Gasteiger partial charge in [0.1, 0.15) is 5.52 Å². The van der Waals surface area contributed by atoms with Crippen LogP contribution in [0.1, 0.15) is 15.9 Å². The molecular weight excluding hydrogens is 294 g/mol. The molecule has 0 saturated heterocycles. The van der Waals surface area contributed by atoms with E-state index >= 15 is 0 Å². The summed E-state index contributed by atoms with van der Waals surface area (Å²) in [4.78, 5) is 27.1. The maximum atomic E-state index is 12.3. The maximum absolute atomic E-state index is 12.3. The molecule has 114 valence electrons. The van der Waals surface area contributed by atoms with Gasteiger partial charge in [-0.05, 0) is 37.3 Å². The summed E-state index contributed by atoms with van der Waals surface area (Å²) in [5.74, 6) is -0.286. The van der Waals surface area contributed by atoms with Gasteiger partial charge in [0.05, 0.1) is 16.0 Å². The zero-order valence-corrected chi connectivity index (χ0v) is 12.3. The third-order valence-electron chi connectivity index (χ3n) is 3.51. The normalized spacial score (nSPS) is 10.5. The number of rotatable bonds is 3. The minimum absolute atomic E-state index is 0.0403. The van der Waals surface area contributed by atoms with Gasteiger partial charge >= 0.3 is 0 Å². The van der Waals surface area contributed by atoms with E-state index in [2.05, 4.69) is 10.3 Å². The van der Waals surface area contributed by atoms with E-state index < -0.39 is 4.92 Å². The number of nitro groups is 1. The van der Waals surface area contributed by atoms with Gasteiger partial charge in [-0.15, -0.1) is 0 Å². The second-order valence-electron chi connectivity index (χ2n) is 5.11. The van der Waals surface area contributed by atoms with E-state index in [1.807, 2.05) is 19.1 Å². The molecule has 1 amide bonds. The maximum Gasteiger partial charge on any atom is 0.278 e. The molecule has 3 rings (SSSR count). The van der Waals surface area contributed by atoms with Gasteiger partial charge in [0, 0.05) is 17.8 Å². The zero-order chi connectivity index (χ0) is 16.4. The number of carbonyl (C=O) groups is 1. The fraction of sp³-hybridized carbons (Fsp3) is 0.0588. The average molecular weight is 307 g/mol. The monoisotopic (exact) mass is 307 g/mol. The molecule has 6 nitrogen and oxygen atoms in total. The van der Waals surface area contributed by atoms with Gasteiger partial charge in [0.15, 0.2) is 0 Å². The van der Waals surface area contributed by atoms with E-state index in [1.54, 1.807) is 24.3 Å². The van der Waals surface area contributed by atoms with Crippen LogP contribution < -0.4 is 5.32 Å². The summed E-state index contributed by atoms with van der Waals surface area (Å²) in [5.41, 5.74) is 2.36. The Kier molecular flexibility index (Phi) is 3.72. The molecule has 0 radical (unpaired) electrons. The SMILES string of the molecule is Cc1ccc(C(=O)Nc2ccc([N+](=O)[O-])c3cccnc23)cc1. The van der Waals surface area contributed by atoms with Crippen LogP contribution in [0.15, 0.2) is 54.7 Å². The number of carbonyl (C=O) groups excluding carboxylic acids is 1. The molecule has 6 heteroatoms. The summed E-state index contributed by atoms with van der Waals surface area (Å²) >= 11 is 0. The van der Waals surface area contributed by atoms with Crippen molar-refractivity contribution >= 4 is 28.2 Å². The molecule has 0 aliphatic heterocycles. The molecule has 3 aromatic rings. The summed E-state index contributed by atoms with van der Waals surface area (Å²) in [6.45, 7) is 1.94. The van der Waals surface area contributed by atoms with Crippen LogP contribution in [0.5, 0.6) is 0 Å². The van der Waals surface area contributed by atoms with Crippen molar-refractivity contribution in [3.63, 3.8) is 0 Å². The van der Waals surface area contributed by atoms with Gasteiger partial charge in [-0.25, -0.2) is 0 Å². The molecule has 1 heterocycles. The van der Waals surface area contributed by atoms with Gasteiger partial charge in [-0.1, -0.05) is 17.7 Å². The topological polar surface area (TPSA) is 85.1 Å². The largest absolute Gasteiger partial charge is 0.320 e. The molecule has 0 unspecified atom stereocenters. The van der Waals surface area contributed by atoms with E-state index in [0.29, 0.717) is 22.2 Å². The van der Waals surface area contributed by atoms with Gasteiger partial charge in [-0.2, -0.15) is 0 Å². The number of hydrogen-bond acceptors (Lipinski definition) is 4. The molecule has 2 aromatic carbocycles. The minimum atomic E-state index is -0.463. The highest BCUT2D eigenvalue weighted by atomic mass is 16.6. The molecule has 1 N–H and O–H groups in total. The van der Waals surface area contributed by atoms with Crippen molar-refractivity contribution in [2.45, 2.75) is 6.92 Å². The second kappa shape index (κ2) is 5.84. The van der Waals surface area contributed by atoms with Crippen LogP contribution in [0, 0.1) is 17.0 Å². The van der Waals surface area contributed by atoms with E-state index in [0.717, 1.165) is 5.56 Å². The van der Waals surface area contributed by atoms with Crippen LogP contribution >= 0.6 is 0 Å². The molecule has 0 spiro atoms. The van der Waals surface area contributed by atoms with Crippen LogP contribution in [0.4, 0.5) is 11.4 Å². The average Bonchev–Trinajstić information content (AvgIpc) is 2.55. The first kappa shape index (κ1) is 14.6. The lowest BCUT2D eigenvalue weighted by Crippen LogP contribution is -2.12. The number of fused-ring (bicyclic) bond motifs is 1. The number of non-ortho nitro benzene ring substituents is 1. The lowest BCUT2D eigenvalue weighted by Gasteiger charge is -2.08. The number of anilines is 1. The van der Waals surface area contributed by atoms with Gasteiger partial charge < -0.3 is 5.32 Å². The molecule has 1 aromatic heterocycles. The van der Waals surface area contributed by atoms with Crippen molar-refractivity contribution in [3.8, 4) is 0 Å². The summed E-state index contributed by atoms with van der Waals surface area (Å²) in [6, 6.07) is 13.3. The number of aryl methyl sites for hydroxylation is 1. The third kappa shape index (κ3) is 2.87. The molecule has 0 aliphatic rings. The Hall–Kier alpha value is -3.28. The smallest absolute Gasteiger partial charge is 0.278 e. The highest BCUT2D eigenvalue weighted by Crippen LogP contribution is 2.29. The Balaban J connectivity index is 2.00. The summed E-state index contributed by atoms with van der Waals surface area (Å²) in [5, 5.41) is 14.2. The molecular formula is C17H13N3O3. The Morgan fingerprint density at radius 3 is 2.57 bits per heavy atom. The Morgan fingerprint density at radius 2 is 1.87 bits per heavy atom. The standard InChI is InChI=1S/C17H13N3O3/c1-11-4-6-12(7-5-11)17(21)19-14-8-9-15(20(22)23)13-3-2-10-18-16(13)14/h2-10H,1H3,(H,19,21). The van der Waals surface area contributed by atoms with E-state index in [4.69, 9.17) is 0 Å². The highest BCUT2D eigenvalue weighted by Gasteiger charge is 2.16. The minimum Gasteiger partial charge on any atom is -0.320 e. The quantitative estimate of drug-likeness (QED) is 0.590. The Labute approximate surface area is 131 Å². The molecule has 23 heavy (non-hydrogen) atoms. The van der Waals surface area contributed by atoms with Gasteiger partial charge in [0.2, 0.25) is 0 Å². The number of nitro benzene ring substituents is 1. The molecule has 0 aliphatic carbocycles. The van der Waals surface area contributed by atoms with E-state index in [1.165, 1.54) is 18.3 Å². The predicted molar refractivity (Wildman–Crippen MR) is 87.5 cm³/mol. The van der Waals surface area contributed by atoms with E-state index in [9.17, 15) is 14.9 Å². The second-order valence-corrected chi connectivity index (χ2v) is 5.11. The number of pyridine rings is 1. The lowest BCUT2D eigenvalue weighted by molar-refractivity contribution is -0.383. The number of nitrogens with zero attached hydrogens (tertiary/aromatic N) is 2. The molecule has 0 bridgehead atoms. The van der Waals surface area contributed by atoms with Crippen molar-refractivity contribution in [3.05, 3.63) is 76.0 Å². The first-order valence-electron chi connectivity index (χ1n) is 6.96. The number of amides is 1. The summed E-state index contributed by atoms with van der Waals surface area (Å²) in [6.07, 6.45) is 1.54. The van der Waals surface area contributed by atoms with E-state index in [-0.39, 0.29) is 11.6 Å². The van der Waals surface area contributed by atoms with Crippen LogP contribution in [-0.2, 0) is 0 Å². The predicted octanol–water partition coefficient (Wildman–Crippen LogP) is 3.70. The van der Waals surface area contributed by atoms with Crippen LogP contribution in [0.3, 0.4) is 0 Å². The van der Waals surface area contributed by atoms with Crippen LogP contribution in [-0.4, -0.2) is 15.8 Å². The first-order valence-corrected chi connectivity index (χ1v) is 6.96. The Bertz CT molecular complexity index is 905. The van der Waals surface area contributed by atoms with Gasteiger partial charge in [0.25, 0.3) is 11.6 Å². The fourth-order valence-electron chi connectivity index (χ4n) is 2.32. The van der Waals surface area contributed by atoms with Crippen molar-refractivity contribution in [2.24, 2.45) is 0 Å². The molecule has 0 saturated carbocycles. The van der Waals surface area contributed by atoms with Crippen molar-refractivity contribution < 1.29 is 9.72 Å². The number of nitrogens with one attached hydrogen (secondary N) is 1. The highest BCUT2D eigenvalue weighted by molar-refractivity contribution is 6.09. The van der Waals surface area contributed by atoms with Crippen molar-refractivity contribution in [2.75, 3.05) is 5.32 Å². The van der Waals surface area contributed by atoms with Crippen LogP contribution in [0.25, 0.3) is 10.9 Å². The number of aromatic nitrogens is 1. The van der Waals surface area contributed by atoms with Crippen LogP contribution in [0.2, 0.25) is 0 Å². The third-order valence-corrected chi connectivity index (χ3v) is 3.51. The fourth-order valence-corrected chi connectivity index (χ4v) is 2.32. The van der Waals surface area contributed by atoms with Crippen molar-refractivity contribution in [1.29, 1.82) is 0 Å². The number of hydrogen-bond donors (Lipinski definition) is 1. The zero-order valence-electron chi connectivity index (χ0n) is 12.3. The molecule has 0 fully saturated rings. The Morgan fingerprint density at radius 1 is 1.13 bits per heavy atom. The van der Waals surface area contributed by atoms with Gasteiger partial charge in [-0.3, -0.25) is 19.9 Å². The summed E-state index contributed by atoms with van der Waals surface area (Å²) < 4.78 is 0. The van der Waals surface area contributed by atoms with Crippen molar-refractivity contribution in [1.82, 2.24) is 4.98 Å². The lowest BCUT2D eigenvalue weighted by atomic mass is 10.1.